The van der Waals surface area contributed by atoms with Gasteiger partial charge < -0.3 is 9.72 Å². The van der Waals surface area contributed by atoms with Gasteiger partial charge in [-0.05, 0) is 76.1 Å². The van der Waals surface area contributed by atoms with E-state index in [0.717, 1.165) is 74.2 Å². The van der Waals surface area contributed by atoms with Crippen LogP contribution in [-0.2, 0) is 17.8 Å². The molecule has 2 fully saturated rings. The van der Waals surface area contributed by atoms with E-state index >= 15 is 0 Å². The SMILES string of the molecule is O=c1[nH]ccc2cc(CN3CCC3)c3ccc(-c4ccc(CN5CCOCC5)cc4)cc3c12. The summed E-state index contributed by atoms with van der Waals surface area (Å²) in [6, 6.07) is 19.7. The Bertz CT molecular complexity index is 1350. The van der Waals surface area contributed by atoms with Crippen molar-refractivity contribution < 1.29 is 4.74 Å². The Labute approximate surface area is 193 Å². The number of benzene rings is 3. The highest BCUT2D eigenvalue weighted by Gasteiger charge is 2.17. The van der Waals surface area contributed by atoms with Gasteiger partial charge in [-0.25, -0.2) is 0 Å². The topological polar surface area (TPSA) is 48.6 Å². The first-order valence-corrected chi connectivity index (χ1v) is 11.9. The van der Waals surface area contributed by atoms with Gasteiger partial charge in [0.15, 0.2) is 0 Å². The molecule has 1 N–H and O–H groups in total. The van der Waals surface area contributed by atoms with Crippen LogP contribution in [0.4, 0.5) is 0 Å². The summed E-state index contributed by atoms with van der Waals surface area (Å²) in [7, 11) is 0. The number of likely N-dealkylation sites (tertiary alicyclic amines) is 1. The quantitative estimate of drug-likeness (QED) is 0.469. The van der Waals surface area contributed by atoms with Crippen molar-refractivity contribution in [1.29, 1.82) is 0 Å². The predicted octanol–water partition coefficient (Wildman–Crippen LogP) is 4.39. The van der Waals surface area contributed by atoms with Crippen LogP contribution in [0.5, 0.6) is 0 Å². The van der Waals surface area contributed by atoms with Crippen LogP contribution in [0.25, 0.3) is 32.7 Å². The predicted molar refractivity (Wildman–Crippen MR) is 134 cm³/mol. The third kappa shape index (κ3) is 4.08. The van der Waals surface area contributed by atoms with Gasteiger partial charge in [0.05, 0.1) is 18.6 Å². The Balaban J connectivity index is 1.38. The number of nitrogens with zero attached hydrogens (tertiary/aromatic N) is 2. The van der Waals surface area contributed by atoms with Crippen molar-refractivity contribution in [2.24, 2.45) is 0 Å². The van der Waals surface area contributed by atoms with Crippen molar-refractivity contribution in [2.45, 2.75) is 19.5 Å². The average molecular weight is 440 g/mol. The molecule has 6 rings (SSSR count). The first-order valence-electron chi connectivity index (χ1n) is 11.9. The second kappa shape index (κ2) is 8.75. The van der Waals surface area contributed by atoms with Gasteiger partial charge in [-0.2, -0.15) is 0 Å². The summed E-state index contributed by atoms with van der Waals surface area (Å²) in [5.74, 6) is 0. The molecule has 5 nitrogen and oxygen atoms in total. The van der Waals surface area contributed by atoms with Crippen LogP contribution in [0.1, 0.15) is 17.5 Å². The van der Waals surface area contributed by atoms with E-state index in [1.807, 2.05) is 6.07 Å². The van der Waals surface area contributed by atoms with Gasteiger partial charge in [0, 0.05) is 32.4 Å². The highest BCUT2D eigenvalue weighted by Crippen LogP contribution is 2.32. The van der Waals surface area contributed by atoms with Gasteiger partial charge in [-0.1, -0.05) is 36.4 Å². The first kappa shape index (κ1) is 20.6. The lowest BCUT2D eigenvalue weighted by molar-refractivity contribution is 0.0342. The Morgan fingerprint density at radius 2 is 1.55 bits per heavy atom. The lowest BCUT2D eigenvalue weighted by Gasteiger charge is -2.31. The zero-order chi connectivity index (χ0) is 22.2. The van der Waals surface area contributed by atoms with Gasteiger partial charge >= 0.3 is 0 Å². The Kier molecular flexibility index (Phi) is 5.46. The fourth-order valence-corrected chi connectivity index (χ4v) is 5.10. The Morgan fingerprint density at radius 3 is 2.30 bits per heavy atom. The van der Waals surface area contributed by atoms with E-state index in [4.69, 9.17) is 4.74 Å². The van der Waals surface area contributed by atoms with E-state index in [1.165, 1.54) is 28.5 Å². The number of aromatic amines is 1. The van der Waals surface area contributed by atoms with Crippen LogP contribution in [0.15, 0.2) is 65.6 Å². The maximum atomic E-state index is 12.8. The number of hydrogen-bond acceptors (Lipinski definition) is 4. The smallest absolute Gasteiger partial charge is 0.256 e. The summed E-state index contributed by atoms with van der Waals surface area (Å²) in [4.78, 5) is 20.6. The normalized spacial score (nSPS) is 17.5. The molecule has 3 aromatic carbocycles. The number of pyridine rings is 1. The van der Waals surface area contributed by atoms with E-state index < -0.39 is 0 Å². The number of fused-ring (bicyclic) bond motifs is 3. The molecule has 33 heavy (non-hydrogen) atoms. The molecule has 0 saturated carbocycles. The number of aromatic nitrogens is 1. The average Bonchev–Trinajstić information content (AvgIpc) is 2.82. The second-order valence-corrected chi connectivity index (χ2v) is 9.28. The number of morpholine rings is 1. The lowest BCUT2D eigenvalue weighted by atomic mass is 9.93. The first-order chi connectivity index (χ1) is 16.2. The van der Waals surface area contributed by atoms with Crippen LogP contribution in [-0.4, -0.2) is 54.2 Å². The minimum Gasteiger partial charge on any atom is -0.379 e. The van der Waals surface area contributed by atoms with Gasteiger partial charge in [0.25, 0.3) is 5.56 Å². The fraction of sp³-hybridized carbons (Fsp3) is 0.321. The maximum absolute atomic E-state index is 12.8. The standard InChI is InChI=1S/C28H29N3O2/c32-28-27-23(8-9-29-28)16-24(19-30-10-1-11-30)25-7-6-22(17-26(25)27)21-4-2-20(3-5-21)18-31-12-14-33-15-13-31/h2-9,16-17H,1,10-15,18-19H2,(H,29,32). The van der Waals surface area contributed by atoms with E-state index in [2.05, 4.69) is 63.3 Å². The highest BCUT2D eigenvalue weighted by atomic mass is 16.5. The van der Waals surface area contributed by atoms with Crippen LogP contribution >= 0.6 is 0 Å². The van der Waals surface area contributed by atoms with E-state index in [-0.39, 0.29) is 5.56 Å². The highest BCUT2D eigenvalue weighted by molar-refractivity contribution is 6.09. The van der Waals surface area contributed by atoms with Crippen molar-refractivity contribution in [3.05, 3.63) is 82.3 Å². The minimum absolute atomic E-state index is 0.0222. The van der Waals surface area contributed by atoms with Crippen molar-refractivity contribution in [3.63, 3.8) is 0 Å². The number of ether oxygens (including phenoxy) is 1. The largest absolute Gasteiger partial charge is 0.379 e. The van der Waals surface area contributed by atoms with Crippen LogP contribution < -0.4 is 5.56 Å². The van der Waals surface area contributed by atoms with E-state index in [1.54, 1.807) is 6.20 Å². The number of H-pyrrole nitrogens is 1. The molecule has 0 unspecified atom stereocenters. The molecule has 2 aliphatic heterocycles. The number of hydrogen-bond donors (Lipinski definition) is 1. The molecule has 0 atom stereocenters. The van der Waals surface area contributed by atoms with Crippen molar-refractivity contribution in [3.8, 4) is 11.1 Å². The van der Waals surface area contributed by atoms with Gasteiger partial charge in [-0.3, -0.25) is 14.6 Å². The van der Waals surface area contributed by atoms with E-state index in [9.17, 15) is 4.79 Å². The van der Waals surface area contributed by atoms with Crippen LogP contribution in [0.2, 0.25) is 0 Å². The van der Waals surface area contributed by atoms with Crippen molar-refractivity contribution in [1.82, 2.24) is 14.8 Å². The summed E-state index contributed by atoms with van der Waals surface area (Å²) < 4.78 is 5.46. The zero-order valence-corrected chi connectivity index (χ0v) is 18.8. The van der Waals surface area contributed by atoms with Gasteiger partial charge in [0.1, 0.15) is 0 Å². The summed E-state index contributed by atoms with van der Waals surface area (Å²) in [6.07, 6.45) is 3.03. The van der Waals surface area contributed by atoms with Gasteiger partial charge in [-0.15, -0.1) is 0 Å². The molecule has 168 valence electrons. The number of nitrogens with one attached hydrogen (secondary N) is 1. The zero-order valence-electron chi connectivity index (χ0n) is 18.8. The summed E-state index contributed by atoms with van der Waals surface area (Å²) in [6.45, 7) is 7.84. The molecule has 0 aliphatic carbocycles. The molecule has 0 amide bonds. The molecule has 3 heterocycles. The molecule has 2 saturated heterocycles. The molecule has 0 radical (unpaired) electrons. The van der Waals surface area contributed by atoms with Gasteiger partial charge in [0.2, 0.25) is 0 Å². The Morgan fingerprint density at radius 1 is 0.788 bits per heavy atom. The van der Waals surface area contributed by atoms with Crippen molar-refractivity contribution in [2.75, 3.05) is 39.4 Å². The molecule has 5 heteroatoms. The van der Waals surface area contributed by atoms with E-state index in [0.29, 0.717) is 0 Å². The minimum atomic E-state index is -0.0222. The molecule has 2 aliphatic rings. The maximum Gasteiger partial charge on any atom is 0.256 e. The third-order valence-electron chi connectivity index (χ3n) is 7.10. The second-order valence-electron chi connectivity index (χ2n) is 9.28. The molecule has 0 spiro atoms. The lowest BCUT2D eigenvalue weighted by Crippen LogP contribution is -2.36. The molecule has 0 bridgehead atoms. The Hall–Kier alpha value is -2.99. The molecular formula is C28H29N3O2. The summed E-state index contributed by atoms with van der Waals surface area (Å²) >= 11 is 0. The van der Waals surface area contributed by atoms with Crippen LogP contribution in [0.3, 0.4) is 0 Å². The van der Waals surface area contributed by atoms with Crippen molar-refractivity contribution >= 4 is 21.5 Å². The number of rotatable bonds is 5. The summed E-state index contributed by atoms with van der Waals surface area (Å²) in [5.41, 5.74) is 4.92. The molecule has 4 aromatic rings. The fourth-order valence-electron chi connectivity index (χ4n) is 5.10. The summed E-state index contributed by atoms with van der Waals surface area (Å²) in [5, 5.41) is 4.02. The van der Waals surface area contributed by atoms with Crippen LogP contribution in [0, 0.1) is 0 Å². The molecule has 1 aromatic heterocycles. The monoisotopic (exact) mass is 439 g/mol. The molecular weight excluding hydrogens is 410 g/mol. The third-order valence-corrected chi connectivity index (χ3v) is 7.10.